The van der Waals surface area contributed by atoms with E-state index >= 15 is 0 Å². The number of nitrogens with zero attached hydrogens (tertiary/aromatic N) is 2. The lowest BCUT2D eigenvalue weighted by Gasteiger charge is -2.35. The molecule has 2 rings (SSSR count). The molecule has 1 unspecified atom stereocenters. The molecule has 0 bridgehead atoms. The summed E-state index contributed by atoms with van der Waals surface area (Å²) in [5.41, 5.74) is 4.04. The van der Waals surface area contributed by atoms with Gasteiger partial charge in [0.1, 0.15) is 6.04 Å². The maximum atomic E-state index is 13.2. The second-order valence-electron chi connectivity index (χ2n) is 9.73. The van der Waals surface area contributed by atoms with Crippen LogP contribution in [0.2, 0.25) is 0 Å². The average molecular weight is 441 g/mol. The highest BCUT2D eigenvalue weighted by Gasteiger charge is 2.40. The third-order valence-corrected chi connectivity index (χ3v) is 6.31. The molecular weight excluding hydrogens is 400 g/mol. The van der Waals surface area contributed by atoms with E-state index in [2.05, 4.69) is 34.7 Å². The number of hydrogen-bond acceptors (Lipinski definition) is 4. The van der Waals surface area contributed by atoms with Gasteiger partial charge in [0.2, 0.25) is 11.8 Å². The Morgan fingerprint density at radius 3 is 2.34 bits per heavy atom. The Morgan fingerprint density at radius 2 is 1.81 bits per heavy atom. The van der Waals surface area contributed by atoms with Gasteiger partial charge in [-0.25, -0.2) is 0 Å². The summed E-state index contributed by atoms with van der Waals surface area (Å²) in [5, 5.41) is 6.26. The molecular formula is C26H40N4O2. The highest BCUT2D eigenvalue weighted by molar-refractivity contribution is 5.91. The topological polar surface area (TPSA) is 73.8 Å². The van der Waals surface area contributed by atoms with Gasteiger partial charge in [0.15, 0.2) is 0 Å². The molecule has 1 aromatic rings. The summed E-state index contributed by atoms with van der Waals surface area (Å²) < 4.78 is 0. The Morgan fingerprint density at radius 1 is 1.19 bits per heavy atom. The molecule has 0 aliphatic carbocycles. The first-order valence-corrected chi connectivity index (χ1v) is 11.6. The van der Waals surface area contributed by atoms with Crippen molar-refractivity contribution in [2.45, 2.75) is 79.4 Å². The molecule has 6 nitrogen and oxygen atoms in total. The lowest BCUT2D eigenvalue weighted by atomic mass is 9.86. The van der Waals surface area contributed by atoms with Crippen LogP contribution in [0.25, 0.3) is 5.57 Å². The number of carbonyl (C=O) groups excluding carboxylic acids is 2. The van der Waals surface area contributed by atoms with E-state index in [9.17, 15) is 9.59 Å². The molecule has 2 amide bonds. The van der Waals surface area contributed by atoms with Crippen molar-refractivity contribution in [2.75, 3.05) is 13.6 Å². The second-order valence-corrected chi connectivity index (χ2v) is 9.73. The Labute approximate surface area is 193 Å². The van der Waals surface area contributed by atoms with Crippen molar-refractivity contribution in [1.82, 2.24) is 15.5 Å². The monoisotopic (exact) mass is 440 g/mol. The summed E-state index contributed by atoms with van der Waals surface area (Å²) in [6.45, 7) is 14.7. The predicted octanol–water partition coefficient (Wildman–Crippen LogP) is 4.33. The third-order valence-electron chi connectivity index (χ3n) is 6.31. The lowest BCUT2D eigenvalue weighted by Crippen LogP contribution is -2.55. The molecule has 3 atom stereocenters. The van der Waals surface area contributed by atoms with Gasteiger partial charge in [-0.15, -0.1) is 0 Å². The predicted molar refractivity (Wildman–Crippen MR) is 132 cm³/mol. The van der Waals surface area contributed by atoms with Crippen LogP contribution in [0.4, 0.5) is 0 Å². The number of amides is 2. The molecule has 1 fully saturated rings. The zero-order valence-electron chi connectivity index (χ0n) is 21.0. The third kappa shape index (κ3) is 6.06. The molecule has 2 N–H and O–H groups in total. The number of nitrogens with one attached hydrogen (secondary N) is 2. The molecule has 1 aromatic carbocycles. The van der Waals surface area contributed by atoms with Crippen molar-refractivity contribution >= 4 is 23.6 Å². The van der Waals surface area contributed by atoms with Crippen LogP contribution in [0.3, 0.4) is 0 Å². The number of allylic oxidation sites excluding steroid dienone is 2. The number of likely N-dealkylation sites (tertiary alicyclic amines) is 1. The number of aliphatic imine (C=N–C) groups is 1. The highest BCUT2D eigenvalue weighted by Crippen LogP contribution is 2.26. The largest absolute Gasteiger partial charge is 0.348 e. The summed E-state index contributed by atoms with van der Waals surface area (Å²) in [6, 6.07) is 7.33. The van der Waals surface area contributed by atoms with Gasteiger partial charge in [-0.2, -0.15) is 0 Å². The molecule has 176 valence electrons. The van der Waals surface area contributed by atoms with E-state index in [0.29, 0.717) is 13.0 Å². The molecule has 1 aliphatic heterocycles. The van der Waals surface area contributed by atoms with E-state index in [4.69, 9.17) is 0 Å². The zero-order chi connectivity index (χ0) is 24.1. The first-order valence-electron chi connectivity index (χ1n) is 11.6. The van der Waals surface area contributed by atoms with Gasteiger partial charge in [-0.3, -0.25) is 14.6 Å². The maximum absolute atomic E-state index is 13.2. The molecule has 32 heavy (non-hydrogen) atoms. The van der Waals surface area contributed by atoms with Gasteiger partial charge >= 0.3 is 0 Å². The van der Waals surface area contributed by atoms with Crippen LogP contribution in [0, 0.1) is 5.41 Å². The summed E-state index contributed by atoms with van der Waals surface area (Å²) in [6.07, 6.45) is 3.34. The van der Waals surface area contributed by atoms with Gasteiger partial charge in [0.25, 0.3) is 0 Å². The molecule has 1 saturated heterocycles. The van der Waals surface area contributed by atoms with Crippen LogP contribution in [-0.4, -0.2) is 48.6 Å². The Bertz CT molecular complexity index is 865. The van der Waals surface area contributed by atoms with Crippen LogP contribution in [-0.2, 0) is 9.59 Å². The summed E-state index contributed by atoms with van der Waals surface area (Å²) >= 11 is 0. The van der Waals surface area contributed by atoms with Gasteiger partial charge in [-0.1, -0.05) is 45.0 Å². The number of carbonyl (C=O) groups is 2. The van der Waals surface area contributed by atoms with Crippen molar-refractivity contribution in [2.24, 2.45) is 10.4 Å². The fraction of sp³-hybridized carbons (Fsp3) is 0.577. The summed E-state index contributed by atoms with van der Waals surface area (Å²) in [7, 11) is 1.80. The Balaban J connectivity index is 2.10. The number of hydrogen-bond donors (Lipinski definition) is 2. The minimum absolute atomic E-state index is 0.00188. The van der Waals surface area contributed by atoms with Crippen molar-refractivity contribution in [3.05, 3.63) is 41.1 Å². The van der Waals surface area contributed by atoms with E-state index in [1.54, 1.807) is 18.2 Å². The standard InChI is InChI=1S/C26H40N4O2/c1-9-28-18(3)17(2)20-12-14-21(15-13-20)19(4)29-24(31)22-11-10-16-30(22)25(32)23(27-8)26(5,6)7/h9,12-15,19,22-23,27H,10-11,16H2,1-8H3,(H,29,31)/b18-17+,28-9?/t19-,22-,23?/m0/s1. The number of rotatable bonds is 7. The number of benzene rings is 1. The fourth-order valence-electron chi connectivity index (χ4n) is 4.31. The van der Waals surface area contributed by atoms with Gasteiger partial charge < -0.3 is 15.5 Å². The molecule has 6 heteroatoms. The molecule has 1 aliphatic rings. The lowest BCUT2D eigenvalue weighted by molar-refractivity contribution is -0.142. The van der Waals surface area contributed by atoms with Gasteiger partial charge in [0.05, 0.1) is 12.1 Å². The van der Waals surface area contributed by atoms with Crippen LogP contribution < -0.4 is 10.6 Å². The van der Waals surface area contributed by atoms with E-state index in [1.165, 1.54) is 0 Å². The first-order chi connectivity index (χ1) is 15.0. The second kappa shape index (κ2) is 10.9. The van der Waals surface area contributed by atoms with E-state index in [-0.39, 0.29) is 29.3 Å². The van der Waals surface area contributed by atoms with Crippen molar-refractivity contribution in [3.63, 3.8) is 0 Å². The molecule has 0 aromatic heterocycles. The van der Waals surface area contributed by atoms with E-state index in [0.717, 1.165) is 28.8 Å². The van der Waals surface area contributed by atoms with Gasteiger partial charge in [0, 0.05) is 18.5 Å². The van der Waals surface area contributed by atoms with Crippen LogP contribution in [0.15, 0.2) is 35.0 Å². The smallest absolute Gasteiger partial charge is 0.243 e. The average Bonchev–Trinajstić information content (AvgIpc) is 3.23. The Kier molecular flexibility index (Phi) is 8.79. The van der Waals surface area contributed by atoms with Crippen molar-refractivity contribution in [1.29, 1.82) is 0 Å². The van der Waals surface area contributed by atoms with Crippen LogP contribution in [0.1, 0.15) is 78.5 Å². The minimum Gasteiger partial charge on any atom is -0.348 e. The Hall–Kier alpha value is -2.47. The zero-order valence-corrected chi connectivity index (χ0v) is 21.0. The highest BCUT2D eigenvalue weighted by atomic mass is 16.2. The number of likely N-dealkylation sites (N-methyl/N-ethyl adjacent to an activating group) is 1. The quantitative estimate of drug-likeness (QED) is 0.620. The van der Waals surface area contributed by atoms with Crippen LogP contribution >= 0.6 is 0 Å². The summed E-state index contributed by atoms with van der Waals surface area (Å²) in [5.74, 6) is -0.0811. The SMILES string of the molecule is CC=N/C(C)=C(\C)c1ccc([C@H](C)NC(=O)[C@@H]2CCCN2C(=O)C(NC)C(C)(C)C)cc1. The maximum Gasteiger partial charge on any atom is 0.243 e. The minimum atomic E-state index is -0.415. The molecule has 0 saturated carbocycles. The first kappa shape index (κ1) is 25.8. The van der Waals surface area contributed by atoms with Crippen LogP contribution in [0.5, 0.6) is 0 Å². The summed E-state index contributed by atoms with van der Waals surface area (Å²) in [4.78, 5) is 32.4. The van der Waals surface area contributed by atoms with E-state index < -0.39 is 6.04 Å². The van der Waals surface area contributed by atoms with E-state index in [1.807, 2.05) is 53.7 Å². The van der Waals surface area contributed by atoms with Crippen molar-refractivity contribution < 1.29 is 9.59 Å². The molecule has 0 spiro atoms. The normalized spacial score (nSPS) is 19.6. The van der Waals surface area contributed by atoms with Crippen molar-refractivity contribution in [3.8, 4) is 0 Å². The molecule has 1 heterocycles. The molecule has 0 radical (unpaired) electrons. The fourth-order valence-corrected chi connectivity index (χ4v) is 4.31. The van der Waals surface area contributed by atoms with Gasteiger partial charge in [-0.05, 0) is 69.7 Å².